The van der Waals surface area contributed by atoms with Gasteiger partial charge in [-0.15, -0.1) is 0 Å². The molecule has 108 valence electrons. The second-order valence-electron chi connectivity index (χ2n) is 4.80. The number of nitrogens with one attached hydrogen (secondary N) is 3. The Balaban J connectivity index is 1.52. The van der Waals surface area contributed by atoms with Gasteiger partial charge < -0.3 is 21.7 Å². The van der Waals surface area contributed by atoms with Gasteiger partial charge in [0.15, 0.2) is 5.96 Å². The van der Waals surface area contributed by atoms with Gasteiger partial charge in [0.05, 0.1) is 6.54 Å². The molecule has 5 N–H and O–H groups in total. The number of carbonyl (C=O) groups is 1. The van der Waals surface area contributed by atoms with E-state index in [1.807, 2.05) is 30.3 Å². The molecule has 0 radical (unpaired) electrons. The minimum atomic E-state index is -0.135. The summed E-state index contributed by atoms with van der Waals surface area (Å²) in [7, 11) is 0. The molecule has 2 rings (SSSR count). The first-order chi connectivity index (χ1) is 9.74. The van der Waals surface area contributed by atoms with Gasteiger partial charge in [-0.1, -0.05) is 30.3 Å². The molecule has 6 nitrogen and oxygen atoms in total. The van der Waals surface area contributed by atoms with E-state index in [0.29, 0.717) is 25.1 Å². The van der Waals surface area contributed by atoms with E-state index in [4.69, 9.17) is 5.73 Å². The number of hydrogen-bond acceptors (Lipinski definition) is 4. The van der Waals surface area contributed by atoms with Gasteiger partial charge in [0.2, 0.25) is 0 Å². The number of nitrogens with two attached hydrogens (primary N) is 1. The molecule has 20 heavy (non-hydrogen) atoms. The highest BCUT2D eigenvalue weighted by atomic mass is 16.2. The van der Waals surface area contributed by atoms with Crippen LogP contribution in [-0.2, 0) is 6.54 Å². The molecule has 0 bridgehead atoms. The first-order valence-electron chi connectivity index (χ1n) is 6.86. The van der Waals surface area contributed by atoms with Crippen molar-refractivity contribution in [3.8, 4) is 0 Å². The smallest absolute Gasteiger partial charge is 0.315 e. The van der Waals surface area contributed by atoms with Crippen LogP contribution in [0.4, 0.5) is 4.79 Å². The van der Waals surface area contributed by atoms with Crippen LogP contribution >= 0.6 is 0 Å². The minimum Gasteiger partial charge on any atom is -0.370 e. The number of carbonyl (C=O) groups excluding carboxylic acids is 1. The summed E-state index contributed by atoms with van der Waals surface area (Å²) in [5, 5.41) is 8.76. The van der Waals surface area contributed by atoms with E-state index in [2.05, 4.69) is 20.9 Å². The van der Waals surface area contributed by atoms with Crippen LogP contribution < -0.4 is 21.7 Å². The number of urea groups is 1. The van der Waals surface area contributed by atoms with Crippen molar-refractivity contribution in [2.75, 3.05) is 13.1 Å². The monoisotopic (exact) mass is 275 g/mol. The van der Waals surface area contributed by atoms with Gasteiger partial charge in [-0.05, 0) is 18.4 Å². The number of guanidine groups is 1. The maximum absolute atomic E-state index is 11.6. The summed E-state index contributed by atoms with van der Waals surface area (Å²) in [6, 6.07) is 10.0. The van der Waals surface area contributed by atoms with E-state index < -0.39 is 0 Å². The third-order valence-corrected chi connectivity index (χ3v) is 3.14. The van der Waals surface area contributed by atoms with Gasteiger partial charge in [-0.3, -0.25) is 4.99 Å². The molecule has 0 aliphatic carbocycles. The van der Waals surface area contributed by atoms with Crippen LogP contribution in [0, 0.1) is 0 Å². The molecular weight excluding hydrogens is 254 g/mol. The van der Waals surface area contributed by atoms with Crippen LogP contribution in [0.2, 0.25) is 0 Å². The van der Waals surface area contributed by atoms with E-state index in [1.165, 1.54) is 0 Å². The highest BCUT2D eigenvalue weighted by molar-refractivity contribution is 5.79. The summed E-state index contributed by atoms with van der Waals surface area (Å²) in [6.07, 6.45) is 1.85. The summed E-state index contributed by atoms with van der Waals surface area (Å²) in [5.74, 6) is 0.517. The Morgan fingerprint density at radius 3 is 2.85 bits per heavy atom. The quantitative estimate of drug-likeness (QED) is 0.571. The maximum atomic E-state index is 11.6. The first kappa shape index (κ1) is 14.2. The molecule has 0 spiro atoms. The topological polar surface area (TPSA) is 91.5 Å². The Hall–Kier alpha value is -2.24. The molecule has 1 aliphatic heterocycles. The number of benzene rings is 1. The number of nitrogens with zero attached hydrogens (tertiary/aromatic N) is 1. The molecule has 1 aromatic rings. The lowest BCUT2D eigenvalue weighted by Crippen LogP contribution is -2.37. The van der Waals surface area contributed by atoms with Crippen LogP contribution in [0.5, 0.6) is 0 Å². The van der Waals surface area contributed by atoms with Crippen LogP contribution in [0.3, 0.4) is 0 Å². The third-order valence-electron chi connectivity index (χ3n) is 3.14. The predicted octanol–water partition coefficient (Wildman–Crippen LogP) is 0.552. The standard InChI is InChI=1S/C14H21N5O/c15-13-17-10-12(19-13)7-4-8-16-14(20)18-9-11-5-2-1-3-6-11/h1-3,5-6,12H,4,7-10H2,(H3,15,17,19)(H2,16,18,20)/t12-/m0/s1. The van der Waals surface area contributed by atoms with Crippen molar-refractivity contribution < 1.29 is 4.79 Å². The molecule has 1 heterocycles. The van der Waals surface area contributed by atoms with E-state index in [9.17, 15) is 4.79 Å². The fourth-order valence-electron chi connectivity index (χ4n) is 2.06. The Bertz CT molecular complexity index is 460. The molecule has 0 saturated heterocycles. The Kier molecular flexibility index (Phi) is 5.23. The average Bonchev–Trinajstić information content (AvgIpc) is 2.88. The van der Waals surface area contributed by atoms with Crippen molar-refractivity contribution in [3.63, 3.8) is 0 Å². The van der Waals surface area contributed by atoms with E-state index >= 15 is 0 Å². The number of rotatable bonds is 6. The first-order valence-corrected chi connectivity index (χ1v) is 6.86. The van der Waals surface area contributed by atoms with Gasteiger partial charge in [0.25, 0.3) is 0 Å². The van der Waals surface area contributed by atoms with Crippen molar-refractivity contribution in [1.82, 2.24) is 16.0 Å². The minimum absolute atomic E-state index is 0.135. The summed E-state index contributed by atoms with van der Waals surface area (Å²) >= 11 is 0. The zero-order valence-electron chi connectivity index (χ0n) is 11.4. The molecule has 1 aromatic carbocycles. The molecule has 1 atom stereocenters. The molecule has 0 saturated carbocycles. The van der Waals surface area contributed by atoms with Crippen molar-refractivity contribution in [3.05, 3.63) is 35.9 Å². The number of amides is 2. The lowest BCUT2D eigenvalue weighted by Gasteiger charge is -2.11. The van der Waals surface area contributed by atoms with Crippen LogP contribution in [0.15, 0.2) is 35.3 Å². The van der Waals surface area contributed by atoms with Gasteiger partial charge in [-0.2, -0.15) is 0 Å². The van der Waals surface area contributed by atoms with Crippen molar-refractivity contribution >= 4 is 12.0 Å². The fraction of sp³-hybridized carbons (Fsp3) is 0.429. The zero-order chi connectivity index (χ0) is 14.2. The molecular formula is C14H21N5O. The SMILES string of the molecule is NC1=NC[C@H](CCCNC(=O)NCc2ccccc2)N1. The largest absolute Gasteiger partial charge is 0.370 e. The molecule has 0 fully saturated rings. The lowest BCUT2D eigenvalue weighted by molar-refractivity contribution is 0.240. The lowest BCUT2D eigenvalue weighted by atomic mass is 10.1. The Labute approximate surface area is 118 Å². The summed E-state index contributed by atoms with van der Waals surface area (Å²) < 4.78 is 0. The highest BCUT2D eigenvalue weighted by Crippen LogP contribution is 2.01. The van der Waals surface area contributed by atoms with Gasteiger partial charge in [0.1, 0.15) is 0 Å². The Morgan fingerprint density at radius 1 is 1.35 bits per heavy atom. The van der Waals surface area contributed by atoms with Gasteiger partial charge >= 0.3 is 6.03 Å². The van der Waals surface area contributed by atoms with Gasteiger partial charge in [0, 0.05) is 19.1 Å². The predicted molar refractivity (Wildman–Crippen MR) is 79.3 cm³/mol. The molecule has 0 aromatic heterocycles. The molecule has 0 unspecified atom stereocenters. The summed E-state index contributed by atoms with van der Waals surface area (Å²) in [5.41, 5.74) is 6.62. The number of aliphatic imine (C=N–C) groups is 1. The van der Waals surface area contributed by atoms with Crippen LogP contribution in [0.25, 0.3) is 0 Å². The molecule has 2 amide bonds. The second kappa shape index (κ2) is 7.37. The number of hydrogen-bond donors (Lipinski definition) is 4. The van der Waals surface area contributed by atoms with Crippen LogP contribution in [-0.4, -0.2) is 31.1 Å². The van der Waals surface area contributed by atoms with E-state index in [0.717, 1.165) is 24.9 Å². The molecule has 6 heteroatoms. The maximum Gasteiger partial charge on any atom is 0.315 e. The highest BCUT2D eigenvalue weighted by Gasteiger charge is 2.14. The zero-order valence-corrected chi connectivity index (χ0v) is 11.4. The Morgan fingerprint density at radius 2 is 2.15 bits per heavy atom. The van der Waals surface area contributed by atoms with Crippen molar-refractivity contribution in [2.24, 2.45) is 10.7 Å². The van der Waals surface area contributed by atoms with Gasteiger partial charge in [-0.25, -0.2) is 4.79 Å². The second-order valence-corrected chi connectivity index (χ2v) is 4.80. The average molecular weight is 275 g/mol. The normalized spacial score (nSPS) is 17.2. The van der Waals surface area contributed by atoms with E-state index in [1.54, 1.807) is 0 Å². The van der Waals surface area contributed by atoms with Crippen molar-refractivity contribution in [1.29, 1.82) is 0 Å². The van der Waals surface area contributed by atoms with Crippen molar-refractivity contribution in [2.45, 2.75) is 25.4 Å². The van der Waals surface area contributed by atoms with Crippen LogP contribution in [0.1, 0.15) is 18.4 Å². The van der Waals surface area contributed by atoms with E-state index in [-0.39, 0.29) is 6.03 Å². The summed E-state index contributed by atoms with van der Waals surface area (Å²) in [4.78, 5) is 15.7. The fourth-order valence-corrected chi connectivity index (χ4v) is 2.06. The third kappa shape index (κ3) is 4.79. The molecule has 1 aliphatic rings. The summed E-state index contributed by atoms with van der Waals surface area (Å²) in [6.45, 7) is 1.92.